The highest BCUT2D eigenvalue weighted by Crippen LogP contribution is 2.22. The zero-order chi connectivity index (χ0) is 25.4. The highest BCUT2D eigenvalue weighted by molar-refractivity contribution is 6.31. The Balaban J connectivity index is 2.00. The van der Waals surface area contributed by atoms with Crippen LogP contribution in [0, 0.1) is 11.6 Å². The standard InChI is InChI=1S/C28H29ClF2N2O2/c1-3-19(2)32-28(35)26(16-20-8-5-4-6-9-20)33(18-21-12-14-22(30)15-13-21)27(34)17-23-24(29)10-7-11-25(23)31/h4-15,19,26H,3,16-18H2,1-2H3,(H,32,35)/t19-,26+/m0/s1. The Morgan fingerprint density at radius 2 is 1.63 bits per heavy atom. The van der Waals surface area contributed by atoms with E-state index in [1.54, 1.807) is 12.1 Å². The first-order chi connectivity index (χ1) is 16.8. The quantitative estimate of drug-likeness (QED) is 0.389. The summed E-state index contributed by atoms with van der Waals surface area (Å²) in [4.78, 5) is 28.5. The summed E-state index contributed by atoms with van der Waals surface area (Å²) in [5.74, 6) is -1.75. The van der Waals surface area contributed by atoms with Crippen LogP contribution in [0.5, 0.6) is 0 Å². The van der Waals surface area contributed by atoms with Crippen molar-refractivity contribution in [1.29, 1.82) is 0 Å². The molecule has 0 unspecified atom stereocenters. The van der Waals surface area contributed by atoms with Crippen LogP contribution < -0.4 is 5.32 Å². The fourth-order valence-electron chi connectivity index (χ4n) is 3.74. The number of halogens is 3. The average molecular weight is 499 g/mol. The molecular weight excluding hydrogens is 470 g/mol. The monoisotopic (exact) mass is 498 g/mol. The van der Waals surface area contributed by atoms with Crippen LogP contribution in [0.2, 0.25) is 5.02 Å². The van der Waals surface area contributed by atoms with Crippen LogP contribution in [0.3, 0.4) is 0 Å². The predicted molar refractivity (Wildman–Crippen MR) is 134 cm³/mol. The molecule has 3 aromatic rings. The second-order valence-corrected chi connectivity index (χ2v) is 8.96. The number of hydrogen-bond acceptors (Lipinski definition) is 2. The van der Waals surface area contributed by atoms with E-state index in [2.05, 4.69) is 5.32 Å². The minimum atomic E-state index is -0.866. The fraction of sp³-hybridized carbons (Fsp3) is 0.286. The molecule has 3 aromatic carbocycles. The van der Waals surface area contributed by atoms with Crippen molar-refractivity contribution in [3.63, 3.8) is 0 Å². The molecule has 0 saturated carbocycles. The maximum absolute atomic E-state index is 14.5. The number of amides is 2. The maximum Gasteiger partial charge on any atom is 0.243 e. The SMILES string of the molecule is CC[C@H](C)NC(=O)[C@@H](Cc1ccccc1)N(Cc1ccc(F)cc1)C(=O)Cc1c(F)cccc1Cl. The maximum atomic E-state index is 14.5. The minimum Gasteiger partial charge on any atom is -0.352 e. The Morgan fingerprint density at radius 1 is 0.943 bits per heavy atom. The molecule has 184 valence electrons. The normalized spacial score (nSPS) is 12.6. The van der Waals surface area contributed by atoms with Gasteiger partial charge in [-0.1, -0.05) is 67.1 Å². The number of rotatable bonds is 10. The van der Waals surface area contributed by atoms with Crippen molar-refractivity contribution in [1.82, 2.24) is 10.2 Å². The Labute approximate surface area is 209 Å². The molecule has 0 aromatic heterocycles. The Hall–Kier alpha value is -3.25. The largest absolute Gasteiger partial charge is 0.352 e. The van der Waals surface area contributed by atoms with Gasteiger partial charge < -0.3 is 10.2 Å². The van der Waals surface area contributed by atoms with Crippen molar-refractivity contribution in [2.75, 3.05) is 0 Å². The van der Waals surface area contributed by atoms with Gasteiger partial charge in [-0.15, -0.1) is 0 Å². The van der Waals surface area contributed by atoms with Gasteiger partial charge in [0.05, 0.1) is 6.42 Å². The van der Waals surface area contributed by atoms with E-state index >= 15 is 0 Å². The Morgan fingerprint density at radius 3 is 2.26 bits per heavy atom. The second-order valence-electron chi connectivity index (χ2n) is 8.55. The van der Waals surface area contributed by atoms with Gasteiger partial charge in [-0.05, 0) is 48.7 Å². The summed E-state index contributed by atoms with van der Waals surface area (Å²) < 4.78 is 28.0. The van der Waals surface area contributed by atoms with E-state index in [-0.39, 0.29) is 41.9 Å². The van der Waals surface area contributed by atoms with Crippen molar-refractivity contribution in [2.24, 2.45) is 0 Å². The highest BCUT2D eigenvalue weighted by Gasteiger charge is 2.31. The van der Waals surface area contributed by atoms with Crippen LogP contribution in [0.15, 0.2) is 72.8 Å². The molecular formula is C28H29ClF2N2O2. The number of nitrogens with zero attached hydrogens (tertiary/aromatic N) is 1. The summed E-state index contributed by atoms with van der Waals surface area (Å²) in [6.45, 7) is 3.90. The molecule has 3 rings (SSSR count). The molecule has 4 nitrogen and oxygen atoms in total. The number of nitrogens with one attached hydrogen (secondary N) is 1. The predicted octanol–water partition coefficient (Wildman–Crippen LogP) is 5.72. The first-order valence-corrected chi connectivity index (χ1v) is 12.0. The number of carbonyl (C=O) groups excluding carboxylic acids is 2. The summed E-state index contributed by atoms with van der Waals surface area (Å²) >= 11 is 6.18. The lowest BCUT2D eigenvalue weighted by atomic mass is 10.0. The zero-order valence-corrected chi connectivity index (χ0v) is 20.6. The van der Waals surface area contributed by atoms with E-state index in [0.29, 0.717) is 5.56 Å². The van der Waals surface area contributed by atoms with Gasteiger partial charge in [-0.25, -0.2) is 8.78 Å². The molecule has 0 aliphatic heterocycles. The van der Waals surface area contributed by atoms with E-state index in [0.717, 1.165) is 12.0 Å². The summed E-state index contributed by atoms with van der Waals surface area (Å²) in [5, 5.41) is 3.12. The highest BCUT2D eigenvalue weighted by atomic mass is 35.5. The summed E-state index contributed by atoms with van der Waals surface area (Å²) in [6, 6.07) is 18.4. The van der Waals surface area contributed by atoms with Gasteiger partial charge in [0.1, 0.15) is 17.7 Å². The lowest BCUT2D eigenvalue weighted by Gasteiger charge is -2.32. The Bertz CT molecular complexity index is 1120. The van der Waals surface area contributed by atoms with Gasteiger partial charge in [0, 0.05) is 29.6 Å². The van der Waals surface area contributed by atoms with E-state index < -0.39 is 23.6 Å². The van der Waals surface area contributed by atoms with E-state index in [9.17, 15) is 18.4 Å². The molecule has 35 heavy (non-hydrogen) atoms. The zero-order valence-electron chi connectivity index (χ0n) is 19.8. The molecule has 7 heteroatoms. The van der Waals surface area contributed by atoms with Gasteiger partial charge in [-0.3, -0.25) is 9.59 Å². The summed E-state index contributed by atoms with van der Waals surface area (Å²) in [6.07, 6.45) is 0.677. The fourth-order valence-corrected chi connectivity index (χ4v) is 3.97. The van der Waals surface area contributed by atoms with E-state index in [4.69, 9.17) is 11.6 Å². The van der Waals surface area contributed by atoms with E-state index in [1.807, 2.05) is 44.2 Å². The molecule has 0 saturated heterocycles. The number of benzene rings is 3. The van der Waals surface area contributed by atoms with Gasteiger partial charge in [0.25, 0.3) is 0 Å². The third kappa shape index (κ3) is 7.36. The third-order valence-electron chi connectivity index (χ3n) is 5.93. The van der Waals surface area contributed by atoms with Crippen LogP contribution >= 0.6 is 11.6 Å². The molecule has 0 bridgehead atoms. The van der Waals surface area contributed by atoms with Gasteiger partial charge in [0.2, 0.25) is 11.8 Å². The first kappa shape index (κ1) is 26.4. The average Bonchev–Trinajstić information content (AvgIpc) is 2.85. The molecule has 0 aliphatic rings. The lowest BCUT2D eigenvalue weighted by Crippen LogP contribution is -2.52. The van der Waals surface area contributed by atoms with Gasteiger partial charge in [-0.2, -0.15) is 0 Å². The Kier molecular flexibility index (Phi) is 9.38. The van der Waals surface area contributed by atoms with Crippen LogP contribution in [0.1, 0.15) is 37.0 Å². The van der Waals surface area contributed by atoms with Crippen molar-refractivity contribution >= 4 is 23.4 Å². The molecule has 0 fully saturated rings. The van der Waals surface area contributed by atoms with Crippen molar-refractivity contribution in [3.05, 3.63) is 106 Å². The number of carbonyl (C=O) groups is 2. The molecule has 0 radical (unpaired) electrons. The van der Waals surface area contributed by atoms with Crippen molar-refractivity contribution < 1.29 is 18.4 Å². The lowest BCUT2D eigenvalue weighted by molar-refractivity contribution is -0.141. The molecule has 1 N–H and O–H groups in total. The smallest absolute Gasteiger partial charge is 0.243 e. The summed E-state index contributed by atoms with van der Waals surface area (Å²) in [7, 11) is 0. The van der Waals surface area contributed by atoms with E-state index in [1.165, 1.54) is 35.2 Å². The second kappa shape index (κ2) is 12.5. The molecule has 2 atom stereocenters. The minimum absolute atomic E-state index is 0.0522. The van der Waals surface area contributed by atoms with Crippen LogP contribution in [0.25, 0.3) is 0 Å². The molecule has 0 heterocycles. The van der Waals surface area contributed by atoms with Gasteiger partial charge in [0.15, 0.2) is 0 Å². The van der Waals surface area contributed by atoms with Crippen molar-refractivity contribution in [2.45, 2.75) is 51.7 Å². The third-order valence-corrected chi connectivity index (χ3v) is 6.28. The number of hydrogen-bond donors (Lipinski definition) is 1. The summed E-state index contributed by atoms with van der Waals surface area (Å²) in [5.41, 5.74) is 1.59. The molecule has 2 amide bonds. The van der Waals surface area contributed by atoms with Crippen LogP contribution in [-0.2, 0) is 29.0 Å². The van der Waals surface area contributed by atoms with Gasteiger partial charge >= 0.3 is 0 Å². The van der Waals surface area contributed by atoms with Crippen LogP contribution in [0.4, 0.5) is 8.78 Å². The van der Waals surface area contributed by atoms with Crippen LogP contribution in [-0.4, -0.2) is 28.8 Å². The first-order valence-electron chi connectivity index (χ1n) is 11.6. The topological polar surface area (TPSA) is 49.4 Å². The molecule has 0 spiro atoms. The van der Waals surface area contributed by atoms with Crippen molar-refractivity contribution in [3.8, 4) is 0 Å². The molecule has 0 aliphatic carbocycles.